The molecule has 2 rings (SSSR count). The highest BCUT2D eigenvalue weighted by atomic mass is 16.5. The summed E-state index contributed by atoms with van der Waals surface area (Å²) in [4.78, 5) is 23.3. The second-order valence-electron chi connectivity index (χ2n) is 6.38. The number of methoxy groups -OCH3 is 1. The van der Waals surface area contributed by atoms with Crippen molar-refractivity contribution >= 4 is 11.9 Å². The number of hydrogen-bond acceptors (Lipinski definition) is 4. The Balaban J connectivity index is 1.93. The van der Waals surface area contributed by atoms with Gasteiger partial charge in [-0.1, -0.05) is 24.3 Å². The van der Waals surface area contributed by atoms with Crippen LogP contribution in [0, 0.1) is 0 Å². The average molecular weight is 371 g/mol. The molecule has 0 aliphatic carbocycles. The molecule has 6 heteroatoms. The van der Waals surface area contributed by atoms with Crippen LogP contribution in [0.2, 0.25) is 0 Å². The van der Waals surface area contributed by atoms with Crippen molar-refractivity contribution in [3.05, 3.63) is 59.2 Å². The molecule has 0 unspecified atom stereocenters. The van der Waals surface area contributed by atoms with Crippen molar-refractivity contribution in [2.45, 2.75) is 32.8 Å². The van der Waals surface area contributed by atoms with Crippen LogP contribution >= 0.6 is 0 Å². The number of ether oxygens (including phenoxy) is 2. The van der Waals surface area contributed by atoms with Gasteiger partial charge in [-0.3, -0.25) is 4.79 Å². The molecule has 0 heterocycles. The predicted molar refractivity (Wildman–Crippen MR) is 103 cm³/mol. The molecule has 6 nitrogen and oxygen atoms in total. The number of carboxylic acid groups (broad SMARTS) is 1. The van der Waals surface area contributed by atoms with Gasteiger partial charge in [0.2, 0.25) is 5.91 Å². The number of aromatic carboxylic acids is 1. The third-order valence-electron chi connectivity index (χ3n) is 3.94. The van der Waals surface area contributed by atoms with Crippen molar-refractivity contribution in [1.29, 1.82) is 0 Å². The van der Waals surface area contributed by atoms with Gasteiger partial charge < -0.3 is 19.9 Å². The zero-order chi connectivity index (χ0) is 19.8. The van der Waals surface area contributed by atoms with Gasteiger partial charge >= 0.3 is 5.97 Å². The number of hydrogen-bond donors (Lipinski definition) is 2. The third kappa shape index (κ3) is 6.02. The van der Waals surface area contributed by atoms with Crippen LogP contribution in [0.3, 0.4) is 0 Å². The van der Waals surface area contributed by atoms with Gasteiger partial charge in [0.15, 0.2) is 0 Å². The minimum absolute atomic E-state index is 0.0375. The SMILES string of the molecule is COc1cc(C(=O)O)ccc1CCNC(=O)Cc1ccccc1OC(C)C. The predicted octanol–water partition coefficient (Wildman–Crippen LogP) is 3.08. The first-order valence-electron chi connectivity index (χ1n) is 8.82. The number of carbonyl (C=O) groups is 2. The van der Waals surface area contributed by atoms with Crippen molar-refractivity contribution in [1.82, 2.24) is 5.32 Å². The molecule has 0 fully saturated rings. The molecule has 2 aromatic carbocycles. The van der Waals surface area contributed by atoms with Crippen molar-refractivity contribution in [3.63, 3.8) is 0 Å². The summed E-state index contributed by atoms with van der Waals surface area (Å²) in [5.41, 5.74) is 1.85. The van der Waals surface area contributed by atoms with Crippen LogP contribution in [0.5, 0.6) is 11.5 Å². The molecule has 2 aromatic rings. The minimum Gasteiger partial charge on any atom is -0.496 e. The van der Waals surface area contributed by atoms with E-state index in [1.807, 2.05) is 38.1 Å². The van der Waals surface area contributed by atoms with E-state index in [4.69, 9.17) is 14.6 Å². The van der Waals surface area contributed by atoms with Gasteiger partial charge in [-0.2, -0.15) is 0 Å². The summed E-state index contributed by atoms with van der Waals surface area (Å²) in [6, 6.07) is 12.2. The lowest BCUT2D eigenvalue weighted by Crippen LogP contribution is -2.27. The van der Waals surface area contributed by atoms with Crippen molar-refractivity contribution in [3.8, 4) is 11.5 Å². The first-order valence-corrected chi connectivity index (χ1v) is 8.82. The van der Waals surface area contributed by atoms with E-state index >= 15 is 0 Å². The Kier molecular flexibility index (Phi) is 7.23. The lowest BCUT2D eigenvalue weighted by atomic mass is 10.1. The zero-order valence-corrected chi connectivity index (χ0v) is 15.8. The molecule has 144 valence electrons. The summed E-state index contributed by atoms with van der Waals surface area (Å²) >= 11 is 0. The van der Waals surface area contributed by atoms with Gasteiger partial charge in [0.1, 0.15) is 11.5 Å². The Morgan fingerprint density at radius 3 is 2.48 bits per heavy atom. The van der Waals surface area contributed by atoms with Crippen LogP contribution in [0.15, 0.2) is 42.5 Å². The summed E-state index contributed by atoms with van der Waals surface area (Å²) in [6.45, 7) is 4.31. The first kappa shape index (κ1) is 20.3. The van der Waals surface area contributed by atoms with E-state index in [1.165, 1.54) is 19.2 Å². The van der Waals surface area contributed by atoms with Gasteiger partial charge in [0.25, 0.3) is 0 Å². The Hall–Kier alpha value is -3.02. The summed E-state index contributed by atoms with van der Waals surface area (Å²) < 4.78 is 11.0. The highest BCUT2D eigenvalue weighted by Crippen LogP contribution is 2.21. The number of nitrogens with one attached hydrogen (secondary N) is 1. The molecule has 1 amide bonds. The number of carbonyl (C=O) groups excluding carboxylic acids is 1. The summed E-state index contributed by atoms with van der Waals surface area (Å²) in [7, 11) is 1.49. The molecule has 0 atom stereocenters. The maximum Gasteiger partial charge on any atom is 0.335 e. The van der Waals surface area contributed by atoms with Crippen LogP contribution in [0.1, 0.15) is 35.3 Å². The number of benzene rings is 2. The van der Waals surface area contributed by atoms with E-state index in [0.29, 0.717) is 24.5 Å². The first-order chi connectivity index (χ1) is 12.9. The summed E-state index contributed by atoms with van der Waals surface area (Å²) in [5, 5.41) is 11.9. The highest BCUT2D eigenvalue weighted by Gasteiger charge is 2.11. The number of carboxylic acids is 1. The van der Waals surface area contributed by atoms with E-state index in [9.17, 15) is 9.59 Å². The van der Waals surface area contributed by atoms with Crippen LogP contribution < -0.4 is 14.8 Å². The molecule has 0 spiro atoms. The Labute approximate surface area is 159 Å². The summed E-state index contributed by atoms with van der Waals surface area (Å²) in [5.74, 6) is 0.111. The van der Waals surface area contributed by atoms with E-state index in [2.05, 4.69) is 5.32 Å². The molecular formula is C21H25NO5. The molecule has 0 radical (unpaired) electrons. The smallest absolute Gasteiger partial charge is 0.335 e. The fourth-order valence-corrected chi connectivity index (χ4v) is 2.67. The van der Waals surface area contributed by atoms with Gasteiger partial charge in [-0.15, -0.1) is 0 Å². The van der Waals surface area contributed by atoms with Crippen LogP contribution in [-0.4, -0.2) is 36.7 Å². The number of para-hydroxylation sites is 1. The van der Waals surface area contributed by atoms with E-state index < -0.39 is 5.97 Å². The molecule has 27 heavy (non-hydrogen) atoms. The Bertz CT molecular complexity index is 801. The largest absolute Gasteiger partial charge is 0.496 e. The minimum atomic E-state index is -1.00. The molecular weight excluding hydrogens is 346 g/mol. The average Bonchev–Trinajstić information content (AvgIpc) is 2.63. The van der Waals surface area contributed by atoms with Crippen molar-refractivity contribution in [2.24, 2.45) is 0 Å². The van der Waals surface area contributed by atoms with Crippen LogP contribution in [-0.2, 0) is 17.6 Å². The standard InChI is InChI=1S/C21H25NO5/c1-14(2)27-18-7-5-4-6-16(18)13-20(23)22-11-10-15-8-9-17(21(24)25)12-19(15)26-3/h4-9,12,14H,10-11,13H2,1-3H3,(H,22,23)(H,24,25). The highest BCUT2D eigenvalue weighted by molar-refractivity contribution is 5.88. The molecule has 0 saturated heterocycles. The molecule has 0 saturated carbocycles. The van der Waals surface area contributed by atoms with Gasteiger partial charge in [0, 0.05) is 12.1 Å². The van der Waals surface area contributed by atoms with E-state index in [1.54, 1.807) is 6.07 Å². The van der Waals surface area contributed by atoms with Gasteiger partial charge in [-0.25, -0.2) is 4.79 Å². The molecule has 0 aromatic heterocycles. The molecule has 2 N–H and O–H groups in total. The maximum atomic E-state index is 12.3. The monoisotopic (exact) mass is 371 g/mol. The fraction of sp³-hybridized carbons (Fsp3) is 0.333. The van der Waals surface area contributed by atoms with Crippen molar-refractivity contribution < 1.29 is 24.2 Å². The fourth-order valence-electron chi connectivity index (χ4n) is 2.67. The zero-order valence-electron chi connectivity index (χ0n) is 15.8. The van der Waals surface area contributed by atoms with Gasteiger partial charge in [0.05, 0.1) is 25.2 Å². The Morgan fingerprint density at radius 2 is 1.81 bits per heavy atom. The molecule has 0 aliphatic heterocycles. The lowest BCUT2D eigenvalue weighted by Gasteiger charge is -2.14. The quantitative estimate of drug-likeness (QED) is 0.708. The molecule has 0 bridgehead atoms. The van der Waals surface area contributed by atoms with Crippen LogP contribution in [0.25, 0.3) is 0 Å². The second-order valence-corrected chi connectivity index (χ2v) is 6.38. The molecule has 0 aliphatic rings. The van der Waals surface area contributed by atoms with Crippen molar-refractivity contribution in [2.75, 3.05) is 13.7 Å². The van der Waals surface area contributed by atoms with Crippen LogP contribution in [0.4, 0.5) is 0 Å². The Morgan fingerprint density at radius 1 is 1.07 bits per heavy atom. The maximum absolute atomic E-state index is 12.3. The van der Waals surface area contributed by atoms with Gasteiger partial charge in [-0.05, 0) is 44.0 Å². The second kappa shape index (κ2) is 9.62. The lowest BCUT2D eigenvalue weighted by molar-refractivity contribution is -0.120. The van der Waals surface area contributed by atoms with E-state index in [0.717, 1.165) is 11.1 Å². The topological polar surface area (TPSA) is 84.9 Å². The van der Waals surface area contributed by atoms with E-state index in [-0.39, 0.29) is 24.0 Å². The number of amides is 1. The normalized spacial score (nSPS) is 10.5. The summed E-state index contributed by atoms with van der Waals surface area (Å²) in [6.07, 6.45) is 0.812. The third-order valence-corrected chi connectivity index (χ3v) is 3.94. The number of rotatable bonds is 9.